The Kier molecular flexibility index (Phi) is 7.99. The predicted molar refractivity (Wildman–Crippen MR) is 66.2 cm³/mol. The molecule has 0 amide bonds. The van der Waals surface area contributed by atoms with Gasteiger partial charge in [0.2, 0.25) is 0 Å². The monoisotopic (exact) mass is 212 g/mol. The zero-order valence-electron chi connectivity index (χ0n) is 10.5. The van der Waals surface area contributed by atoms with E-state index in [0.29, 0.717) is 6.10 Å². The van der Waals surface area contributed by atoms with Crippen LogP contribution in [0.4, 0.5) is 0 Å². The van der Waals surface area contributed by atoms with Crippen molar-refractivity contribution in [2.45, 2.75) is 83.7 Å². The van der Waals surface area contributed by atoms with E-state index in [2.05, 4.69) is 6.92 Å². The fraction of sp³-hybridized carbons (Fsp3) is 1.00. The molecule has 0 spiro atoms. The summed E-state index contributed by atoms with van der Waals surface area (Å²) in [6.07, 6.45) is 16.1. The average molecular weight is 212 g/mol. The van der Waals surface area contributed by atoms with Crippen LogP contribution in [0.1, 0.15) is 77.6 Å². The predicted octanol–water partition coefficient (Wildman–Crippen LogP) is 4.70. The summed E-state index contributed by atoms with van der Waals surface area (Å²) in [6, 6.07) is 0. The van der Waals surface area contributed by atoms with Crippen molar-refractivity contribution < 1.29 is 4.74 Å². The van der Waals surface area contributed by atoms with Gasteiger partial charge in [-0.25, -0.2) is 0 Å². The molecule has 0 aromatic carbocycles. The molecule has 0 aromatic heterocycles. The third kappa shape index (κ3) is 6.94. The van der Waals surface area contributed by atoms with Crippen LogP contribution in [0.15, 0.2) is 0 Å². The molecule has 1 aliphatic rings. The van der Waals surface area contributed by atoms with Crippen molar-refractivity contribution in [3.05, 3.63) is 0 Å². The molecule has 1 saturated heterocycles. The summed E-state index contributed by atoms with van der Waals surface area (Å²) < 4.78 is 5.40. The fourth-order valence-electron chi connectivity index (χ4n) is 2.19. The van der Waals surface area contributed by atoms with E-state index in [1.165, 1.54) is 70.6 Å². The lowest BCUT2D eigenvalue weighted by Crippen LogP contribution is -2.26. The smallest absolute Gasteiger partial charge is 0.0597 e. The Morgan fingerprint density at radius 1 is 0.867 bits per heavy atom. The van der Waals surface area contributed by atoms with Gasteiger partial charge in [-0.3, -0.25) is 0 Å². The van der Waals surface area contributed by atoms with Gasteiger partial charge in [-0.1, -0.05) is 64.7 Å². The minimum Gasteiger partial charge on any atom is -0.378 e. The molecule has 1 nitrogen and oxygen atoms in total. The van der Waals surface area contributed by atoms with Crippen molar-refractivity contribution >= 4 is 0 Å². The van der Waals surface area contributed by atoms with E-state index in [1.54, 1.807) is 0 Å². The van der Waals surface area contributed by atoms with Crippen molar-refractivity contribution in [3.63, 3.8) is 0 Å². The summed E-state index contributed by atoms with van der Waals surface area (Å²) >= 11 is 0. The van der Waals surface area contributed by atoms with Crippen LogP contribution in [0.2, 0.25) is 0 Å². The Bertz CT molecular complexity index is 129. The molecule has 0 N–H and O–H groups in total. The highest BCUT2D eigenvalue weighted by Crippen LogP contribution is 2.18. The second-order valence-electron chi connectivity index (χ2n) is 4.90. The van der Waals surface area contributed by atoms with E-state index < -0.39 is 0 Å². The van der Waals surface area contributed by atoms with Crippen molar-refractivity contribution in [1.82, 2.24) is 0 Å². The number of unbranched alkanes of at least 4 members (excludes halogenated alkanes) is 8. The van der Waals surface area contributed by atoms with Crippen LogP contribution in [0.3, 0.4) is 0 Å². The summed E-state index contributed by atoms with van der Waals surface area (Å²) in [5.41, 5.74) is 0. The number of hydrogen-bond acceptors (Lipinski definition) is 1. The van der Waals surface area contributed by atoms with Gasteiger partial charge in [-0.2, -0.15) is 0 Å². The maximum Gasteiger partial charge on any atom is 0.0597 e. The lowest BCUT2D eigenvalue weighted by atomic mass is 10.0. The van der Waals surface area contributed by atoms with Gasteiger partial charge in [0, 0.05) is 6.61 Å². The van der Waals surface area contributed by atoms with Gasteiger partial charge in [-0.05, 0) is 12.8 Å². The third-order valence-corrected chi connectivity index (χ3v) is 3.42. The van der Waals surface area contributed by atoms with Gasteiger partial charge < -0.3 is 4.74 Å². The Labute approximate surface area is 95.6 Å². The minimum absolute atomic E-state index is 0.634. The molecule has 1 fully saturated rings. The molecule has 0 aromatic rings. The zero-order chi connectivity index (χ0) is 10.8. The van der Waals surface area contributed by atoms with E-state index in [0.717, 1.165) is 6.61 Å². The minimum atomic E-state index is 0.634. The van der Waals surface area contributed by atoms with Gasteiger partial charge in [0.15, 0.2) is 0 Å². The third-order valence-electron chi connectivity index (χ3n) is 3.42. The molecule has 1 atom stereocenters. The standard InChI is InChI=1S/C14H28O/c1-2-3-4-5-6-7-8-9-10-11-14-12-13-15-14/h14H,2-13H2,1H3. The molecular weight excluding hydrogens is 184 g/mol. The summed E-state index contributed by atoms with van der Waals surface area (Å²) in [7, 11) is 0. The largest absolute Gasteiger partial charge is 0.378 e. The summed E-state index contributed by atoms with van der Waals surface area (Å²) in [6.45, 7) is 3.30. The first-order valence-corrected chi connectivity index (χ1v) is 7.05. The van der Waals surface area contributed by atoms with Crippen molar-refractivity contribution in [2.75, 3.05) is 6.61 Å². The normalized spacial score (nSPS) is 20.2. The summed E-state index contributed by atoms with van der Waals surface area (Å²) in [4.78, 5) is 0. The average Bonchev–Trinajstić information content (AvgIpc) is 2.18. The fourth-order valence-corrected chi connectivity index (χ4v) is 2.19. The highest BCUT2D eigenvalue weighted by Gasteiger charge is 2.16. The van der Waals surface area contributed by atoms with Gasteiger partial charge in [0.1, 0.15) is 0 Å². The van der Waals surface area contributed by atoms with Crippen LogP contribution < -0.4 is 0 Å². The van der Waals surface area contributed by atoms with Crippen LogP contribution in [-0.4, -0.2) is 12.7 Å². The molecule has 90 valence electrons. The topological polar surface area (TPSA) is 9.23 Å². The highest BCUT2D eigenvalue weighted by atomic mass is 16.5. The summed E-state index contributed by atoms with van der Waals surface area (Å²) in [5, 5.41) is 0. The molecule has 15 heavy (non-hydrogen) atoms. The molecule has 0 radical (unpaired) electrons. The first-order chi connectivity index (χ1) is 7.43. The van der Waals surface area contributed by atoms with Crippen molar-refractivity contribution in [3.8, 4) is 0 Å². The van der Waals surface area contributed by atoms with E-state index in [-0.39, 0.29) is 0 Å². The Hall–Kier alpha value is -0.0400. The molecule has 1 rings (SSSR count). The Balaban J connectivity index is 1.66. The van der Waals surface area contributed by atoms with Crippen LogP contribution in [0, 0.1) is 0 Å². The van der Waals surface area contributed by atoms with Gasteiger partial charge in [0.25, 0.3) is 0 Å². The highest BCUT2D eigenvalue weighted by molar-refractivity contribution is 4.65. The molecule has 1 unspecified atom stereocenters. The maximum absolute atomic E-state index is 5.40. The number of rotatable bonds is 10. The van der Waals surface area contributed by atoms with Gasteiger partial charge in [-0.15, -0.1) is 0 Å². The molecule has 1 heteroatoms. The zero-order valence-corrected chi connectivity index (χ0v) is 10.5. The lowest BCUT2D eigenvalue weighted by molar-refractivity contribution is -0.0555. The molecule has 1 heterocycles. The number of ether oxygens (including phenoxy) is 1. The Morgan fingerprint density at radius 3 is 1.87 bits per heavy atom. The van der Waals surface area contributed by atoms with Gasteiger partial charge >= 0.3 is 0 Å². The van der Waals surface area contributed by atoms with E-state index in [1.807, 2.05) is 0 Å². The quantitative estimate of drug-likeness (QED) is 0.477. The van der Waals surface area contributed by atoms with Crippen LogP contribution in [0.25, 0.3) is 0 Å². The second-order valence-corrected chi connectivity index (χ2v) is 4.90. The van der Waals surface area contributed by atoms with E-state index in [9.17, 15) is 0 Å². The van der Waals surface area contributed by atoms with Crippen LogP contribution >= 0.6 is 0 Å². The Morgan fingerprint density at radius 2 is 1.40 bits per heavy atom. The van der Waals surface area contributed by atoms with Crippen molar-refractivity contribution in [2.24, 2.45) is 0 Å². The maximum atomic E-state index is 5.40. The first kappa shape index (κ1) is 13.0. The number of hydrogen-bond donors (Lipinski definition) is 0. The van der Waals surface area contributed by atoms with Gasteiger partial charge in [0.05, 0.1) is 6.10 Å². The SMILES string of the molecule is CCCCCCCCCCCC1CCO1. The first-order valence-electron chi connectivity index (χ1n) is 7.05. The van der Waals surface area contributed by atoms with E-state index >= 15 is 0 Å². The van der Waals surface area contributed by atoms with Crippen LogP contribution in [0.5, 0.6) is 0 Å². The molecule has 0 aliphatic carbocycles. The molecule has 0 bridgehead atoms. The lowest BCUT2D eigenvalue weighted by Gasteiger charge is -2.26. The van der Waals surface area contributed by atoms with Crippen LogP contribution in [-0.2, 0) is 4.74 Å². The van der Waals surface area contributed by atoms with Crippen molar-refractivity contribution in [1.29, 1.82) is 0 Å². The van der Waals surface area contributed by atoms with E-state index in [4.69, 9.17) is 4.74 Å². The molecular formula is C14H28O. The summed E-state index contributed by atoms with van der Waals surface area (Å²) in [5.74, 6) is 0. The second kappa shape index (κ2) is 9.21. The molecule has 1 aliphatic heterocycles. The molecule has 0 saturated carbocycles.